The van der Waals surface area contributed by atoms with Gasteiger partial charge in [0.1, 0.15) is 5.71 Å². The Balaban J connectivity index is 2.01. The smallest absolute Gasteiger partial charge is 0.262 e. The Morgan fingerprint density at radius 1 is 1.15 bits per heavy atom. The molecule has 9 heteroatoms. The summed E-state index contributed by atoms with van der Waals surface area (Å²) >= 11 is 0. The Bertz CT molecular complexity index is 520. The first-order valence-corrected chi connectivity index (χ1v) is 5.85. The second-order valence-corrected chi connectivity index (χ2v) is 5.10. The molecule has 110 valence electrons. The van der Waals surface area contributed by atoms with Crippen LogP contribution in [0.2, 0.25) is 0 Å². The van der Waals surface area contributed by atoms with Crippen molar-refractivity contribution in [1.82, 2.24) is 5.01 Å². The maximum Gasteiger partial charge on any atom is 0.473 e. The van der Waals surface area contributed by atoms with Crippen LogP contribution in [-0.2, 0) is 4.79 Å². The molecular weight excluding hydrogens is 290 g/mol. The molecule has 1 aliphatic heterocycles. The quantitative estimate of drug-likeness (QED) is 0.499. The van der Waals surface area contributed by atoms with Gasteiger partial charge in [0.25, 0.3) is 0 Å². The van der Waals surface area contributed by atoms with Gasteiger partial charge in [-0.25, -0.2) is 5.01 Å². The van der Waals surface area contributed by atoms with Crippen molar-refractivity contribution >= 4 is 11.6 Å². The van der Waals surface area contributed by atoms with Crippen LogP contribution in [-0.4, -0.2) is 35.0 Å². The average Bonchev–Trinajstić information content (AvgIpc) is 2.96. The number of rotatable bonds is 0. The highest BCUT2D eigenvalue weighted by Gasteiger charge is 2.62. The molecule has 4 unspecified atom stereocenters. The maximum atomic E-state index is 12.9. The summed E-state index contributed by atoms with van der Waals surface area (Å²) in [5.74, 6) is -4.53. The van der Waals surface area contributed by atoms with Crippen molar-refractivity contribution in [1.29, 1.82) is 0 Å². The van der Waals surface area contributed by atoms with Gasteiger partial charge in [0.05, 0.1) is 6.04 Å². The molecule has 1 heterocycles. The summed E-state index contributed by atoms with van der Waals surface area (Å²) in [6.07, 6.45) is -6.61. The number of hydrazone groups is 1. The van der Waals surface area contributed by atoms with Crippen molar-refractivity contribution < 1.29 is 31.1 Å². The molecule has 20 heavy (non-hydrogen) atoms. The largest absolute Gasteiger partial charge is 0.473 e. The molecular formula is C11H8F6N2O. The number of allylic oxidation sites excluding steroid dienone is 1. The van der Waals surface area contributed by atoms with Gasteiger partial charge in [-0.1, -0.05) is 12.2 Å². The van der Waals surface area contributed by atoms with E-state index in [0.717, 1.165) is 0 Å². The van der Waals surface area contributed by atoms with Gasteiger partial charge in [-0.2, -0.15) is 31.4 Å². The molecule has 0 radical (unpaired) electrons. The topological polar surface area (TPSA) is 32.7 Å². The van der Waals surface area contributed by atoms with Gasteiger partial charge in [-0.05, 0) is 12.3 Å². The van der Waals surface area contributed by atoms with E-state index < -0.39 is 47.8 Å². The van der Waals surface area contributed by atoms with Crippen LogP contribution < -0.4 is 0 Å². The fraction of sp³-hybridized carbons (Fsp3) is 0.636. The summed E-state index contributed by atoms with van der Waals surface area (Å²) in [5.41, 5.74) is -1.28. The third-order valence-electron chi connectivity index (χ3n) is 3.97. The van der Waals surface area contributed by atoms with Crippen LogP contribution in [0.3, 0.4) is 0 Å². The van der Waals surface area contributed by atoms with Crippen molar-refractivity contribution in [3.05, 3.63) is 12.2 Å². The molecule has 0 aromatic carbocycles. The van der Waals surface area contributed by atoms with Crippen molar-refractivity contribution in [2.45, 2.75) is 24.8 Å². The Hall–Kier alpha value is -1.54. The number of fused-ring (bicyclic) bond motifs is 5. The molecule has 2 bridgehead atoms. The fourth-order valence-corrected chi connectivity index (χ4v) is 3.30. The first-order chi connectivity index (χ1) is 9.10. The van der Waals surface area contributed by atoms with Crippen molar-refractivity contribution in [3.63, 3.8) is 0 Å². The summed E-state index contributed by atoms with van der Waals surface area (Å²) in [6.45, 7) is 0. The zero-order valence-electron chi connectivity index (χ0n) is 9.74. The molecule has 1 fully saturated rings. The highest BCUT2D eigenvalue weighted by atomic mass is 19.4. The van der Waals surface area contributed by atoms with Crippen LogP contribution in [0.1, 0.15) is 6.42 Å². The minimum absolute atomic E-state index is 0.0122. The lowest BCUT2D eigenvalue weighted by molar-refractivity contribution is -0.188. The van der Waals surface area contributed by atoms with Gasteiger partial charge in [-0.15, -0.1) is 0 Å². The van der Waals surface area contributed by atoms with E-state index in [9.17, 15) is 31.1 Å². The number of carbonyl (C=O) groups excluding carboxylic acids is 1. The van der Waals surface area contributed by atoms with E-state index in [1.807, 2.05) is 0 Å². The number of hydrogen-bond donors (Lipinski definition) is 0. The molecule has 0 spiro atoms. The lowest BCUT2D eigenvalue weighted by Crippen LogP contribution is -2.46. The van der Waals surface area contributed by atoms with E-state index in [1.54, 1.807) is 12.2 Å². The highest BCUT2D eigenvalue weighted by molar-refractivity contribution is 5.97. The van der Waals surface area contributed by atoms with E-state index in [4.69, 9.17) is 0 Å². The molecule has 0 N–H and O–H groups in total. The molecule has 4 atom stereocenters. The molecule has 2 aliphatic carbocycles. The number of amides is 1. The van der Waals surface area contributed by atoms with Crippen LogP contribution in [0.25, 0.3) is 0 Å². The first-order valence-electron chi connectivity index (χ1n) is 5.85. The monoisotopic (exact) mass is 298 g/mol. The van der Waals surface area contributed by atoms with Gasteiger partial charge in [-0.3, -0.25) is 4.79 Å². The van der Waals surface area contributed by atoms with E-state index in [1.165, 1.54) is 0 Å². The zero-order chi connectivity index (χ0) is 14.9. The molecule has 3 nitrogen and oxygen atoms in total. The second kappa shape index (κ2) is 3.76. The predicted octanol–water partition coefficient (Wildman–Crippen LogP) is 2.50. The van der Waals surface area contributed by atoms with Crippen LogP contribution in [0, 0.1) is 17.8 Å². The molecule has 3 rings (SSSR count). The van der Waals surface area contributed by atoms with Crippen molar-refractivity contribution in [2.75, 3.05) is 0 Å². The second-order valence-electron chi connectivity index (χ2n) is 5.10. The number of alkyl halides is 6. The molecule has 1 saturated carbocycles. The zero-order valence-corrected chi connectivity index (χ0v) is 9.74. The number of carbonyl (C=O) groups is 1. The number of halogens is 6. The number of nitrogens with zero attached hydrogens (tertiary/aromatic N) is 2. The lowest BCUT2D eigenvalue weighted by Gasteiger charge is -2.27. The molecule has 0 saturated heterocycles. The predicted molar refractivity (Wildman–Crippen MR) is 54.4 cm³/mol. The number of hydrogen-bond acceptors (Lipinski definition) is 2. The van der Waals surface area contributed by atoms with Crippen LogP contribution in [0.4, 0.5) is 26.3 Å². The SMILES string of the molecule is O=C(N1N=C(C(F)(F)F)C2C3C=CC(C3)C21)C(F)(F)F. The van der Waals surface area contributed by atoms with Crippen LogP contribution >= 0.6 is 0 Å². The van der Waals surface area contributed by atoms with E-state index >= 15 is 0 Å². The molecule has 0 aromatic heterocycles. The first kappa shape index (κ1) is 13.4. The fourth-order valence-electron chi connectivity index (χ4n) is 3.30. The van der Waals surface area contributed by atoms with Crippen LogP contribution in [0.5, 0.6) is 0 Å². The van der Waals surface area contributed by atoms with Gasteiger partial charge in [0.2, 0.25) is 0 Å². The molecule has 1 amide bonds. The van der Waals surface area contributed by atoms with Gasteiger partial charge in [0.15, 0.2) is 0 Å². The Labute approximate surface area is 108 Å². The highest BCUT2D eigenvalue weighted by Crippen LogP contribution is 2.52. The minimum Gasteiger partial charge on any atom is -0.262 e. The Morgan fingerprint density at radius 3 is 2.30 bits per heavy atom. The van der Waals surface area contributed by atoms with Gasteiger partial charge in [0, 0.05) is 11.8 Å². The van der Waals surface area contributed by atoms with Gasteiger partial charge >= 0.3 is 18.3 Å². The summed E-state index contributed by atoms with van der Waals surface area (Å²) in [7, 11) is 0. The van der Waals surface area contributed by atoms with E-state index in [0.29, 0.717) is 6.42 Å². The van der Waals surface area contributed by atoms with Crippen molar-refractivity contribution in [3.8, 4) is 0 Å². The average molecular weight is 298 g/mol. The Morgan fingerprint density at radius 2 is 1.75 bits per heavy atom. The lowest BCUT2D eigenvalue weighted by atomic mass is 9.85. The minimum atomic E-state index is -5.24. The maximum absolute atomic E-state index is 12.9. The van der Waals surface area contributed by atoms with Gasteiger partial charge < -0.3 is 0 Å². The summed E-state index contributed by atoms with van der Waals surface area (Å²) in [4.78, 5) is 11.3. The summed E-state index contributed by atoms with van der Waals surface area (Å²) < 4.78 is 76.0. The van der Waals surface area contributed by atoms with E-state index in [-0.39, 0.29) is 5.01 Å². The normalized spacial score (nSPS) is 35.5. The Kier molecular flexibility index (Phi) is 2.53. The third kappa shape index (κ3) is 1.75. The van der Waals surface area contributed by atoms with E-state index in [2.05, 4.69) is 5.10 Å². The van der Waals surface area contributed by atoms with Crippen LogP contribution in [0.15, 0.2) is 17.3 Å². The molecule has 3 aliphatic rings. The molecule has 0 aromatic rings. The third-order valence-corrected chi connectivity index (χ3v) is 3.97. The summed E-state index contributed by atoms with van der Waals surface area (Å²) in [5, 5.41) is 2.95. The summed E-state index contributed by atoms with van der Waals surface area (Å²) in [6, 6.07) is -1.17. The van der Waals surface area contributed by atoms with Crippen molar-refractivity contribution in [2.24, 2.45) is 22.9 Å². The standard InChI is InChI=1S/C11H8F6N2O/c12-10(13,14)8-6-4-1-2-5(3-4)7(6)19(18-8)9(20)11(15,16)17/h1-2,4-7H,3H2.